The quantitative estimate of drug-likeness (QED) is 0.867. The van der Waals surface area contributed by atoms with Crippen LogP contribution in [0.3, 0.4) is 0 Å². The lowest BCUT2D eigenvalue weighted by molar-refractivity contribution is 0.142. The summed E-state index contributed by atoms with van der Waals surface area (Å²) in [4.78, 5) is 2.57. The Kier molecular flexibility index (Phi) is 3.37. The summed E-state index contributed by atoms with van der Waals surface area (Å²) < 4.78 is 0. The average molecular weight is 251 g/mol. The van der Waals surface area contributed by atoms with Crippen molar-refractivity contribution in [3.8, 4) is 0 Å². The van der Waals surface area contributed by atoms with Gasteiger partial charge in [-0.25, -0.2) is 0 Å². The number of halogens is 1. The van der Waals surface area contributed by atoms with Crippen LogP contribution in [0.1, 0.15) is 12.0 Å². The van der Waals surface area contributed by atoms with E-state index in [-0.39, 0.29) is 0 Å². The molecule has 1 aromatic rings. The maximum atomic E-state index is 6.02. The molecule has 2 fully saturated rings. The predicted octanol–water partition coefficient (Wildman–Crippen LogP) is 2.38. The summed E-state index contributed by atoms with van der Waals surface area (Å²) in [5.41, 5.74) is 1.34. The number of piperidine rings is 1. The molecule has 0 aliphatic carbocycles. The first kappa shape index (κ1) is 11.5. The van der Waals surface area contributed by atoms with Crippen molar-refractivity contribution in [1.82, 2.24) is 10.2 Å². The van der Waals surface area contributed by atoms with Gasteiger partial charge in [0.1, 0.15) is 0 Å². The fourth-order valence-electron chi connectivity index (χ4n) is 3.15. The first-order valence-corrected chi connectivity index (χ1v) is 6.86. The summed E-state index contributed by atoms with van der Waals surface area (Å²) >= 11 is 6.02. The van der Waals surface area contributed by atoms with E-state index in [1.165, 1.54) is 38.2 Å². The summed E-state index contributed by atoms with van der Waals surface area (Å²) in [6.45, 7) is 5.95. The number of fused-ring (bicyclic) bond motifs is 1. The van der Waals surface area contributed by atoms with Crippen LogP contribution in [0.25, 0.3) is 0 Å². The molecule has 1 aromatic carbocycles. The highest BCUT2D eigenvalue weighted by Crippen LogP contribution is 2.27. The second-order valence-corrected chi connectivity index (χ2v) is 5.77. The van der Waals surface area contributed by atoms with Gasteiger partial charge in [-0.2, -0.15) is 0 Å². The van der Waals surface area contributed by atoms with E-state index in [1.807, 2.05) is 12.1 Å². The van der Waals surface area contributed by atoms with Gasteiger partial charge in [0, 0.05) is 18.1 Å². The Labute approximate surface area is 108 Å². The van der Waals surface area contributed by atoms with Crippen LogP contribution in [0.2, 0.25) is 5.02 Å². The first-order valence-electron chi connectivity index (χ1n) is 6.49. The molecule has 2 heterocycles. The summed E-state index contributed by atoms with van der Waals surface area (Å²) in [5.74, 6) is 1.79. The molecule has 92 valence electrons. The molecular formula is C14H19ClN2. The molecule has 2 atom stereocenters. The van der Waals surface area contributed by atoms with Crippen molar-refractivity contribution in [3.05, 3.63) is 34.9 Å². The molecule has 0 saturated carbocycles. The van der Waals surface area contributed by atoms with Crippen molar-refractivity contribution < 1.29 is 0 Å². The number of benzene rings is 1. The number of hydrogen-bond acceptors (Lipinski definition) is 2. The van der Waals surface area contributed by atoms with Crippen LogP contribution in [0, 0.1) is 11.8 Å². The molecule has 3 rings (SSSR count). The Balaban J connectivity index is 1.62. The Morgan fingerprint density at radius 1 is 1.29 bits per heavy atom. The lowest BCUT2D eigenvalue weighted by atomic mass is 9.88. The third-order valence-electron chi connectivity index (χ3n) is 4.08. The number of nitrogens with one attached hydrogen (secondary N) is 1. The molecule has 2 unspecified atom stereocenters. The molecule has 1 N–H and O–H groups in total. The first-order chi connectivity index (χ1) is 8.31. The second-order valence-electron chi connectivity index (χ2n) is 5.33. The van der Waals surface area contributed by atoms with Gasteiger partial charge in [-0.15, -0.1) is 0 Å². The van der Waals surface area contributed by atoms with Gasteiger partial charge in [0.2, 0.25) is 0 Å². The Morgan fingerprint density at radius 2 is 2.18 bits per heavy atom. The Morgan fingerprint density at radius 3 is 3.06 bits per heavy atom. The maximum absolute atomic E-state index is 6.02. The summed E-state index contributed by atoms with van der Waals surface area (Å²) in [6.07, 6.45) is 1.35. The van der Waals surface area contributed by atoms with Crippen LogP contribution >= 0.6 is 11.6 Å². The SMILES string of the molecule is Clc1cccc(CN2CCC3CNCC3C2)c1. The van der Waals surface area contributed by atoms with E-state index < -0.39 is 0 Å². The number of nitrogens with zero attached hydrogens (tertiary/aromatic N) is 1. The lowest BCUT2D eigenvalue weighted by Gasteiger charge is -2.34. The van der Waals surface area contributed by atoms with Crippen LogP contribution in [-0.4, -0.2) is 31.1 Å². The molecule has 0 aromatic heterocycles. The van der Waals surface area contributed by atoms with E-state index in [0.717, 1.165) is 23.4 Å². The van der Waals surface area contributed by atoms with Crippen molar-refractivity contribution >= 4 is 11.6 Å². The van der Waals surface area contributed by atoms with Gasteiger partial charge < -0.3 is 5.32 Å². The Hall–Kier alpha value is -0.570. The topological polar surface area (TPSA) is 15.3 Å². The van der Waals surface area contributed by atoms with Crippen LogP contribution in [0.5, 0.6) is 0 Å². The van der Waals surface area contributed by atoms with E-state index in [1.54, 1.807) is 0 Å². The molecule has 2 aliphatic rings. The molecule has 0 radical (unpaired) electrons. The van der Waals surface area contributed by atoms with Gasteiger partial charge in [-0.05, 0) is 55.6 Å². The molecule has 2 saturated heterocycles. The number of hydrogen-bond donors (Lipinski definition) is 1. The minimum Gasteiger partial charge on any atom is -0.316 e. The minimum absolute atomic E-state index is 0.847. The Bertz CT molecular complexity index is 394. The lowest BCUT2D eigenvalue weighted by Crippen LogP contribution is -2.39. The highest BCUT2D eigenvalue weighted by Gasteiger charge is 2.32. The third-order valence-corrected chi connectivity index (χ3v) is 4.32. The molecule has 2 nitrogen and oxygen atoms in total. The monoisotopic (exact) mass is 250 g/mol. The highest BCUT2D eigenvalue weighted by molar-refractivity contribution is 6.30. The molecule has 3 heteroatoms. The molecule has 17 heavy (non-hydrogen) atoms. The zero-order valence-corrected chi connectivity index (χ0v) is 10.8. The van der Waals surface area contributed by atoms with Gasteiger partial charge in [0.05, 0.1) is 0 Å². The van der Waals surface area contributed by atoms with Crippen LogP contribution < -0.4 is 5.32 Å². The molecule has 0 bridgehead atoms. The van der Waals surface area contributed by atoms with Gasteiger partial charge in [0.15, 0.2) is 0 Å². The van der Waals surface area contributed by atoms with E-state index >= 15 is 0 Å². The van der Waals surface area contributed by atoms with E-state index in [2.05, 4.69) is 22.3 Å². The van der Waals surface area contributed by atoms with Gasteiger partial charge in [-0.1, -0.05) is 23.7 Å². The van der Waals surface area contributed by atoms with E-state index in [9.17, 15) is 0 Å². The standard InChI is InChI=1S/C14H19ClN2/c15-14-3-1-2-11(6-14)9-17-5-4-12-7-16-8-13(12)10-17/h1-3,6,12-13,16H,4-5,7-10H2. The molecule has 0 spiro atoms. The van der Waals surface area contributed by atoms with Crippen molar-refractivity contribution in [2.45, 2.75) is 13.0 Å². The van der Waals surface area contributed by atoms with Crippen LogP contribution in [-0.2, 0) is 6.54 Å². The summed E-state index contributed by atoms with van der Waals surface area (Å²) in [6, 6.07) is 8.24. The van der Waals surface area contributed by atoms with E-state index in [4.69, 9.17) is 11.6 Å². The van der Waals surface area contributed by atoms with Crippen molar-refractivity contribution in [1.29, 1.82) is 0 Å². The zero-order chi connectivity index (χ0) is 11.7. The maximum Gasteiger partial charge on any atom is 0.0409 e. The summed E-state index contributed by atoms with van der Waals surface area (Å²) in [7, 11) is 0. The molecule has 2 aliphatic heterocycles. The largest absolute Gasteiger partial charge is 0.316 e. The van der Waals surface area contributed by atoms with Crippen molar-refractivity contribution in [2.24, 2.45) is 11.8 Å². The predicted molar refractivity (Wildman–Crippen MR) is 71.2 cm³/mol. The molecule has 0 amide bonds. The molecular weight excluding hydrogens is 232 g/mol. The minimum atomic E-state index is 0.847. The number of likely N-dealkylation sites (tertiary alicyclic amines) is 1. The fraction of sp³-hybridized carbons (Fsp3) is 0.571. The van der Waals surface area contributed by atoms with Crippen molar-refractivity contribution in [2.75, 3.05) is 26.2 Å². The summed E-state index contributed by atoms with van der Waals surface area (Å²) in [5, 5.41) is 4.36. The smallest absolute Gasteiger partial charge is 0.0409 e. The third kappa shape index (κ3) is 2.65. The zero-order valence-electron chi connectivity index (χ0n) is 10.0. The highest BCUT2D eigenvalue weighted by atomic mass is 35.5. The van der Waals surface area contributed by atoms with Crippen LogP contribution in [0.15, 0.2) is 24.3 Å². The normalized spacial score (nSPS) is 29.2. The van der Waals surface area contributed by atoms with Crippen molar-refractivity contribution in [3.63, 3.8) is 0 Å². The number of rotatable bonds is 2. The average Bonchev–Trinajstić information content (AvgIpc) is 2.76. The van der Waals surface area contributed by atoms with Crippen LogP contribution in [0.4, 0.5) is 0 Å². The van der Waals surface area contributed by atoms with Gasteiger partial charge in [0.25, 0.3) is 0 Å². The second kappa shape index (κ2) is 4.97. The van der Waals surface area contributed by atoms with E-state index in [0.29, 0.717) is 0 Å². The fourth-order valence-corrected chi connectivity index (χ4v) is 3.36. The van der Waals surface area contributed by atoms with Gasteiger partial charge in [-0.3, -0.25) is 4.90 Å². The van der Waals surface area contributed by atoms with Gasteiger partial charge >= 0.3 is 0 Å².